The third kappa shape index (κ3) is 7.22. The number of hydrogen-bond acceptors (Lipinski definition) is 4. The standard InChI is InChI=1S/C80H44N4OS2/c1-82-73-71(49-23-10-4-11-24-49)65(46-81)74(72(50-25-12-5-13-26-50)77(73)83-66-31-16-14-27-55(66)62-45-53(33-40-67(62)83)54-29-18-30-59-56-28-15-17-32-68(56)85-78(54)59)84-75-57(36-38-60-63-43-51(47-19-6-2-7-20-47)34-41-69(63)86-79(60)75)58-37-39-61-64-44-52(48-21-8-3-9-22-48)35-42-70(64)87-80(61)76(58)84/h2-45H. The molecular weight excluding hydrogens is 1100 g/mol. The molecule has 0 fully saturated rings. The molecule has 18 rings (SSSR count). The van der Waals surface area contributed by atoms with E-state index in [1.807, 2.05) is 48.5 Å². The first kappa shape index (κ1) is 49.1. The van der Waals surface area contributed by atoms with E-state index in [1.54, 1.807) is 22.7 Å². The second-order valence-electron chi connectivity index (χ2n) is 22.4. The molecule has 5 heterocycles. The Morgan fingerprint density at radius 2 is 0.862 bits per heavy atom. The molecule has 5 nitrogen and oxygen atoms in total. The molecule has 0 aliphatic heterocycles. The van der Waals surface area contributed by atoms with Crippen molar-refractivity contribution in [2.24, 2.45) is 0 Å². The van der Waals surface area contributed by atoms with E-state index in [0.29, 0.717) is 28.2 Å². The lowest BCUT2D eigenvalue weighted by Gasteiger charge is -2.26. The first-order valence-corrected chi connectivity index (χ1v) is 30.7. The molecule has 5 aromatic heterocycles. The molecule has 0 amide bonds. The minimum atomic E-state index is 0.390. The fourth-order valence-electron chi connectivity index (χ4n) is 14.0. The fourth-order valence-corrected chi connectivity index (χ4v) is 16.4. The van der Waals surface area contributed by atoms with Crippen molar-refractivity contribution in [2.45, 2.75) is 0 Å². The van der Waals surface area contributed by atoms with E-state index >= 15 is 0 Å². The number of fused-ring (bicyclic) bond motifs is 17. The van der Waals surface area contributed by atoms with Crippen LogP contribution < -0.4 is 0 Å². The maximum absolute atomic E-state index is 12.5. The Balaban J connectivity index is 1.03. The van der Waals surface area contributed by atoms with E-state index in [-0.39, 0.29) is 0 Å². The average molecular weight is 1140 g/mol. The van der Waals surface area contributed by atoms with Crippen LogP contribution in [0, 0.1) is 17.9 Å². The summed E-state index contributed by atoms with van der Waals surface area (Å²) in [5.41, 5.74) is 17.5. The van der Waals surface area contributed by atoms with E-state index < -0.39 is 0 Å². The van der Waals surface area contributed by atoms with Crippen LogP contribution in [0.25, 0.3) is 178 Å². The van der Waals surface area contributed by atoms with Crippen molar-refractivity contribution in [3.05, 3.63) is 284 Å². The number of para-hydroxylation sites is 3. The third-order valence-corrected chi connectivity index (χ3v) is 20.2. The van der Waals surface area contributed by atoms with Gasteiger partial charge in [-0.15, -0.1) is 22.7 Å². The second kappa shape index (κ2) is 19.1. The van der Waals surface area contributed by atoms with Crippen LogP contribution in [0.2, 0.25) is 0 Å². The van der Waals surface area contributed by atoms with E-state index in [2.05, 4.69) is 238 Å². The zero-order chi connectivity index (χ0) is 57.4. The minimum Gasteiger partial charge on any atom is -0.455 e. The Hall–Kier alpha value is -11.3. The Kier molecular flexibility index (Phi) is 10.8. The molecule has 7 heteroatoms. The summed E-state index contributed by atoms with van der Waals surface area (Å²) in [7, 11) is 0. The summed E-state index contributed by atoms with van der Waals surface area (Å²) in [4.78, 5) is 4.66. The summed E-state index contributed by atoms with van der Waals surface area (Å²) in [6.07, 6.45) is 0. The largest absolute Gasteiger partial charge is 0.455 e. The summed E-state index contributed by atoms with van der Waals surface area (Å²) in [5.74, 6) is 0. The van der Waals surface area contributed by atoms with Gasteiger partial charge in [-0.2, -0.15) is 5.26 Å². The molecule has 13 aromatic carbocycles. The summed E-state index contributed by atoms with van der Waals surface area (Å²) in [5, 5.41) is 23.5. The Labute approximate surface area is 506 Å². The SMILES string of the molecule is [C-]#[N+]c1c(-c2ccccc2)c(C#N)c(-n2c3c(ccc4c5cc(-c6ccccc6)ccc5sc43)c3ccc4c5cc(-c6ccccc6)ccc5sc4c32)c(-c2ccccc2)c1-n1c2ccccc2c2cc(-c3cccc4c3oc3ccccc34)ccc21. The number of rotatable bonds is 7. The van der Waals surface area contributed by atoms with Gasteiger partial charge in [0.2, 0.25) is 5.69 Å². The first-order chi connectivity index (χ1) is 43.1. The van der Waals surface area contributed by atoms with Crippen molar-refractivity contribution in [3.8, 4) is 73.1 Å². The smallest absolute Gasteiger partial charge is 0.220 e. The molecule has 0 unspecified atom stereocenters. The molecule has 18 aromatic rings. The number of benzene rings is 13. The summed E-state index contributed by atoms with van der Waals surface area (Å²) in [6, 6.07) is 97.5. The van der Waals surface area contributed by atoms with Crippen LogP contribution in [0.3, 0.4) is 0 Å². The second-order valence-corrected chi connectivity index (χ2v) is 24.5. The van der Waals surface area contributed by atoms with Gasteiger partial charge in [0.15, 0.2) is 0 Å². The summed E-state index contributed by atoms with van der Waals surface area (Å²) < 4.78 is 16.0. The molecule has 0 atom stereocenters. The van der Waals surface area contributed by atoms with Crippen molar-refractivity contribution in [3.63, 3.8) is 0 Å². The van der Waals surface area contributed by atoms with Gasteiger partial charge in [-0.1, -0.05) is 218 Å². The highest BCUT2D eigenvalue weighted by Gasteiger charge is 2.33. The highest BCUT2D eigenvalue weighted by atomic mass is 32.1. The molecule has 87 heavy (non-hydrogen) atoms. The Morgan fingerprint density at radius 3 is 1.46 bits per heavy atom. The Morgan fingerprint density at radius 1 is 0.368 bits per heavy atom. The van der Waals surface area contributed by atoms with Gasteiger partial charge in [-0.05, 0) is 87.5 Å². The molecule has 0 saturated heterocycles. The first-order valence-electron chi connectivity index (χ1n) is 29.1. The molecule has 0 aliphatic carbocycles. The third-order valence-electron chi connectivity index (χ3n) is 17.8. The molecular formula is C80H44N4OS2. The van der Waals surface area contributed by atoms with Gasteiger partial charge in [-0.25, -0.2) is 4.85 Å². The van der Waals surface area contributed by atoms with Crippen molar-refractivity contribution >= 4 is 134 Å². The van der Waals surface area contributed by atoms with Gasteiger partial charge in [-0.3, -0.25) is 0 Å². The monoisotopic (exact) mass is 1140 g/mol. The van der Waals surface area contributed by atoms with E-state index in [9.17, 15) is 11.8 Å². The number of hydrogen-bond donors (Lipinski definition) is 0. The van der Waals surface area contributed by atoms with Gasteiger partial charge >= 0.3 is 0 Å². The molecule has 0 spiro atoms. The molecule has 0 aliphatic rings. The minimum absolute atomic E-state index is 0.390. The number of aromatic nitrogens is 2. The van der Waals surface area contributed by atoms with Gasteiger partial charge < -0.3 is 13.6 Å². The highest BCUT2D eigenvalue weighted by Crippen LogP contribution is 2.55. The maximum Gasteiger partial charge on any atom is 0.220 e. The van der Waals surface area contributed by atoms with Gasteiger partial charge in [0.1, 0.15) is 17.2 Å². The lowest BCUT2D eigenvalue weighted by atomic mass is 9.88. The van der Waals surface area contributed by atoms with Gasteiger partial charge in [0.25, 0.3) is 0 Å². The van der Waals surface area contributed by atoms with Gasteiger partial charge in [0, 0.05) is 80.0 Å². The normalized spacial score (nSPS) is 11.9. The van der Waals surface area contributed by atoms with Crippen LogP contribution in [-0.4, -0.2) is 9.13 Å². The lowest BCUT2D eigenvalue weighted by Crippen LogP contribution is -2.09. The molecule has 402 valence electrons. The lowest BCUT2D eigenvalue weighted by molar-refractivity contribution is 0.670. The topological polar surface area (TPSA) is 51.1 Å². The molecule has 0 saturated carbocycles. The zero-order valence-corrected chi connectivity index (χ0v) is 48.1. The number of furan rings is 1. The highest BCUT2D eigenvalue weighted by molar-refractivity contribution is 7.27. The quantitative estimate of drug-likeness (QED) is 0.149. The number of nitrogens with zero attached hydrogens (tertiary/aromatic N) is 4. The van der Waals surface area contributed by atoms with Crippen LogP contribution in [0.15, 0.2) is 271 Å². The fraction of sp³-hybridized carbons (Fsp3) is 0. The average Bonchev–Trinajstić information content (AvgIpc) is 1.64. The maximum atomic E-state index is 12.5. The summed E-state index contributed by atoms with van der Waals surface area (Å²) >= 11 is 3.60. The van der Waals surface area contributed by atoms with Crippen LogP contribution >= 0.6 is 22.7 Å². The van der Waals surface area contributed by atoms with E-state index in [4.69, 9.17) is 4.42 Å². The van der Waals surface area contributed by atoms with Crippen LogP contribution in [0.1, 0.15) is 5.56 Å². The molecule has 0 N–H and O–H groups in total. The van der Waals surface area contributed by atoms with E-state index in [1.165, 1.54) is 20.2 Å². The van der Waals surface area contributed by atoms with Crippen molar-refractivity contribution in [1.29, 1.82) is 5.26 Å². The zero-order valence-electron chi connectivity index (χ0n) is 46.4. The van der Waals surface area contributed by atoms with Crippen LogP contribution in [-0.2, 0) is 0 Å². The van der Waals surface area contributed by atoms with Crippen molar-refractivity contribution in [2.75, 3.05) is 0 Å². The predicted octanol–water partition coefficient (Wildman–Crippen LogP) is 23.3. The van der Waals surface area contributed by atoms with Gasteiger partial charge in [0.05, 0.1) is 55.0 Å². The summed E-state index contributed by atoms with van der Waals surface area (Å²) in [6.45, 7) is 9.59. The molecule has 0 radical (unpaired) electrons. The van der Waals surface area contributed by atoms with Crippen molar-refractivity contribution < 1.29 is 4.42 Å². The number of nitriles is 1. The van der Waals surface area contributed by atoms with E-state index in [0.717, 1.165) is 136 Å². The van der Waals surface area contributed by atoms with Crippen LogP contribution in [0.4, 0.5) is 5.69 Å². The number of thiophene rings is 2. The predicted molar refractivity (Wildman–Crippen MR) is 366 cm³/mol. The van der Waals surface area contributed by atoms with Crippen LogP contribution in [0.5, 0.6) is 0 Å². The Bertz CT molecular complexity index is 5840. The van der Waals surface area contributed by atoms with Crippen molar-refractivity contribution in [1.82, 2.24) is 9.13 Å². The molecule has 0 bridgehead atoms.